The monoisotopic (exact) mass is 396 g/mol. The maximum absolute atomic E-state index is 13.0. The molecular formula is C19H28N2O3S2. The molecule has 1 saturated heterocycles. The van der Waals surface area contributed by atoms with Gasteiger partial charge in [0, 0.05) is 30.1 Å². The van der Waals surface area contributed by atoms with Gasteiger partial charge in [-0.1, -0.05) is 19.3 Å². The van der Waals surface area contributed by atoms with Crippen molar-refractivity contribution in [3.8, 4) is 0 Å². The van der Waals surface area contributed by atoms with E-state index >= 15 is 0 Å². The normalized spacial score (nSPS) is 22.6. The van der Waals surface area contributed by atoms with Crippen LogP contribution in [0.4, 0.5) is 0 Å². The second-order valence-electron chi connectivity index (χ2n) is 7.83. The van der Waals surface area contributed by atoms with Crippen molar-refractivity contribution < 1.29 is 13.2 Å². The lowest BCUT2D eigenvalue weighted by molar-refractivity contribution is -0.134. The number of thiophene rings is 1. The van der Waals surface area contributed by atoms with Crippen LogP contribution in [0.1, 0.15) is 62.7 Å². The number of hydrogen-bond donors (Lipinski definition) is 0. The Labute approximate surface area is 160 Å². The molecule has 2 saturated carbocycles. The zero-order valence-corrected chi connectivity index (χ0v) is 16.9. The summed E-state index contributed by atoms with van der Waals surface area (Å²) in [6, 6.07) is 4.34. The lowest BCUT2D eigenvalue weighted by Gasteiger charge is -2.34. The van der Waals surface area contributed by atoms with Crippen LogP contribution in [0, 0.1) is 0 Å². The van der Waals surface area contributed by atoms with E-state index in [9.17, 15) is 13.2 Å². The Balaban J connectivity index is 1.45. The van der Waals surface area contributed by atoms with Crippen molar-refractivity contribution in [2.75, 3.05) is 13.1 Å². The van der Waals surface area contributed by atoms with Gasteiger partial charge in [-0.3, -0.25) is 4.79 Å². The van der Waals surface area contributed by atoms with Crippen LogP contribution in [0.5, 0.6) is 0 Å². The van der Waals surface area contributed by atoms with Crippen molar-refractivity contribution in [2.45, 2.75) is 80.5 Å². The number of hydrogen-bond acceptors (Lipinski definition) is 4. The molecule has 0 radical (unpaired) electrons. The molecule has 4 rings (SSSR count). The summed E-state index contributed by atoms with van der Waals surface area (Å²) in [4.78, 5) is 16.0. The number of amides is 1. The van der Waals surface area contributed by atoms with Crippen LogP contribution in [0.3, 0.4) is 0 Å². The molecule has 1 aromatic rings. The Kier molecular flexibility index (Phi) is 5.39. The molecule has 26 heavy (non-hydrogen) atoms. The number of sulfonamides is 1. The first-order valence-corrected chi connectivity index (χ1v) is 12.2. The van der Waals surface area contributed by atoms with Gasteiger partial charge in [-0.05, 0) is 50.7 Å². The van der Waals surface area contributed by atoms with E-state index in [2.05, 4.69) is 4.90 Å². The third-order valence-electron chi connectivity index (χ3n) is 5.82. The second kappa shape index (κ2) is 7.60. The smallest absolute Gasteiger partial charge is 0.252 e. The molecule has 0 aromatic carbocycles. The summed E-state index contributed by atoms with van der Waals surface area (Å²) < 4.78 is 27.3. The Bertz CT molecular complexity index is 743. The quantitative estimate of drug-likeness (QED) is 0.740. The molecule has 0 bridgehead atoms. The summed E-state index contributed by atoms with van der Waals surface area (Å²) in [5.41, 5.74) is 0. The van der Waals surface area contributed by atoms with Crippen molar-refractivity contribution in [3.63, 3.8) is 0 Å². The van der Waals surface area contributed by atoms with Gasteiger partial charge >= 0.3 is 0 Å². The molecule has 1 aliphatic heterocycles. The van der Waals surface area contributed by atoms with Crippen molar-refractivity contribution in [1.29, 1.82) is 0 Å². The molecule has 7 heteroatoms. The van der Waals surface area contributed by atoms with Crippen LogP contribution in [-0.4, -0.2) is 48.7 Å². The van der Waals surface area contributed by atoms with E-state index in [4.69, 9.17) is 0 Å². The first kappa shape index (κ1) is 18.4. The van der Waals surface area contributed by atoms with Crippen LogP contribution >= 0.6 is 11.3 Å². The van der Waals surface area contributed by atoms with Crippen molar-refractivity contribution >= 4 is 27.3 Å². The molecule has 0 spiro atoms. The summed E-state index contributed by atoms with van der Waals surface area (Å²) in [6.45, 7) is 1.23. The SMILES string of the molecule is O=C(Cc1ccc(S(=O)(=O)N2CCCC2)s1)N(C1CCCCC1)C1CC1. The predicted molar refractivity (Wildman–Crippen MR) is 103 cm³/mol. The van der Waals surface area contributed by atoms with Gasteiger partial charge in [-0.15, -0.1) is 11.3 Å². The Morgan fingerprint density at radius 1 is 1.00 bits per heavy atom. The highest BCUT2D eigenvalue weighted by molar-refractivity contribution is 7.91. The number of nitrogens with zero attached hydrogens (tertiary/aromatic N) is 2. The van der Waals surface area contributed by atoms with Crippen LogP contribution in [-0.2, 0) is 21.2 Å². The van der Waals surface area contributed by atoms with Gasteiger partial charge in [0.2, 0.25) is 5.91 Å². The maximum atomic E-state index is 13.0. The molecule has 0 unspecified atom stereocenters. The minimum Gasteiger partial charge on any atom is -0.336 e. The molecule has 1 aromatic heterocycles. The highest BCUT2D eigenvalue weighted by Crippen LogP contribution is 2.35. The summed E-state index contributed by atoms with van der Waals surface area (Å²) in [5, 5.41) is 0. The number of carbonyl (C=O) groups excluding carboxylic acids is 1. The van der Waals surface area contributed by atoms with Gasteiger partial charge in [0.25, 0.3) is 10.0 Å². The minimum absolute atomic E-state index is 0.186. The molecule has 5 nitrogen and oxygen atoms in total. The van der Waals surface area contributed by atoms with Crippen molar-refractivity contribution in [1.82, 2.24) is 9.21 Å². The lowest BCUT2D eigenvalue weighted by atomic mass is 9.93. The van der Waals surface area contributed by atoms with Gasteiger partial charge in [0.05, 0.1) is 6.42 Å². The highest BCUT2D eigenvalue weighted by Gasteiger charge is 2.37. The van der Waals surface area contributed by atoms with Crippen molar-refractivity contribution in [3.05, 3.63) is 17.0 Å². The van der Waals surface area contributed by atoms with Crippen LogP contribution in [0.25, 0.3) is 0 Å². The highest BCUT2D eigenvalue weighted by atomic mass is 32.2. The van der Waals surface area contributed by atoms with E-state index in [0.29, 0.717) is 35.8 Å². The number of carbonyl (C=O) groups is 1. The first-order chi connectivity index (χ1) is 12.6. The van der Waals surface area contributed by atoms with E-state index in [-0.39, 0.29) is 5.91 Å². The standard InChI is InChI=1S/C19H28N2O3S2/c22-18(21(16-8-9-16)15-6-2-1-3-7-15)14-17-10-11-19(25-17)26(23,24)20-12-4-5-13-20/h10-11,15-16H,1-9,12-14H2. The minimum atomic E-state index is -3.37. The molecule has 2 aliphatic carbocycles. The molecule has 3 fully saturated rings. The zero-order chi connectivity index (χ0) is 18.1. The molecule has 3 aliphatic rings. The van der Waals surface area contributed by atoms with E-state index in [1.54, 1.807) is 10.4 Å². The molecule has 0 N–H and O–H groups in total. The van der Waals surface area contributed by atoms with E-state index in [1.165, 1.54) is 30.6 Å². The van der Waals surface area contributed by atoms with Crippen LogP contribution in [0.2, 0.25) is 0 Å². The summed E-state index contributed by atoms with van der Waals surface area (Å²) in [6.07, 6.45) is 10.4. The van der Waals surface area contributed by atoms with Gasteiger partial charge in [0.15, 0.2) is 0 Å². The van der Waals surface area contributed by atoms with Crippen molar-refractivity contribution in [2.24, 2.45) is 0 Å². The fourth-order valence-electron chi connectivity index (χ4n) is 4.31. The summed E-state index contributed by atoms with van der Waals surface area (Å²) >= 11 is 1.27. The van der Waals surface area contributed by atoms with Crippen LogP contribution in [0.15, 0.2) is 16.3 Å². The average molecular weight is 397 g/mol. The fraction of sp³-hybridized carbons (Fsp3) is 0.737. The second-order valence-corrected chi connectivity index (χ2v) is 11.2. The lowest BCUT2D eigenvalue weighted by Crippen LogP contribution is -2.43. The third-order valence-corrected chi connectivity index (χ3v) is 9.27. The Hall–Kier alpha value is -0.920. The summed E-state index contributed by atoms with van der Waals surface area (Å²) in [7, 11) is -3.37. The molecular weight excluding hydrogens is 368 g/mol. The van der Waals surface area contributed by atoms with Gasteiger partial charge in [0.1, 0.15) is 4.21 Å². The van der Waals surface area contributed by atoms with Gasteiger partial charge < -0.3 is 4.90 Å². The molecule has 1 amide bonds. The predicted octanol–water partition coefficient (Wildman–Crippen LogP) is 3.40. The summed E-state index contributed by atoms with van der Waals surface area (Å²) in [5.74, 6) is 0.186. The van der Waals surface area contributed by atoms with Gasteiger partial charge in [-0.2, -0.15) is 4.31 Å². The topological polar surface area (TPSA) is 57.7 Å². The number of rotatable bonds is 6. The fourth-order valence-corrected chi connectivity index (χ4v) is 7.32. The third kappa shape index (κ3) is 3.85. The Morgan fingerprint density at radius 3 is 2.31 bits per heavy atom. The van der Waals surface area contributed by atoms with E-state index in [1.807, 2.05) is 6.07 Å². The average Bonchev–Trinajstić information content (AvgIpc) is 3.12. The van der Waals surface area contributed by atoms with E-state index < -0.39 is 10.0 Å². The Morgan fingerprint density at radius 2 is 1.65 bits per heavy atom. The van der Waals surface area contributed by atoms with Gasteiger partial charge in [-0.25, -0.2) is 8.42 Å². The zero-order valence-electron chi connectivity index (χ0n) is 15.2. The molecule has 0 atom stereocenters. The molecule has 2 heterocycles. The first-order valence-electron chi connectivity index (χ1n) is 9.96. The molecule has 144 valence electrons. The van der Waals surface area contributed by atoms with Crippen LogP contribution < -0.4 is 0 Å². The largest absolute Gasteiger partial charge is 0.336 e. The van der Waals surface area contributed by atoms with E-state index in [0.717, 1.165) is 43.4 Å². The maximum Gasteiger partial charge on any atom is 0.252 e.